The molecule has 1 aliphatic rings. The lowest BCUT2D eigenvalue weighted by molar-refractivity contribution is 0.190. The summed E-state index contributed by atoms with van der Waals surface area (Å²) in [6, 6.07) is 0.787. The Hall–Kier alpha value is -0.0800. The monoisotopic (exact) mass is 227 g/mol. The van der Waals surface area contributed by atoms with Gasteiger partial charge in [0.25, 0.3) is 0 Å². The average Bonchev–Trinajstić information content (AvgIpc) is 2.25. The van der Waals surface area contributed by atoms with E-state index in [2.05, 4.69) is 19.2 Å². The Morgan fingerprint density at radius 2 is 1.81 bits per heavy atom. The molecule has 0 unspecified atom stereocenters. The molecule has 2 heteroatoms. The lowest BCUT2D eigenvalue weighted by atomic mass is 9.75. The third kappa shape index (κ3) is 5.86. The predicted molar refractivity (Wildman–Crippen MR) is 69.8 cm³/mol. The van der Waals surface area contributed by atoms with Crippen molar-refractivity contribution in [3.63, 3.8) is 0 Å². The van der Waals surface area contributed by atoms with Crippen LogP contribution in [0.5, 0.6) is 0 Å². The fraction of sp³-hybridized carbons (Fsp3) is 1.00. The van der Waals surface area contributed by atoms with Gasteiger partial charge >= 0.3 is 0 Å². The van der Waals surface area contributed by atoms with Crippen molar-refractivity contribution in [2.24, 2.45) is 5.41 Å². The van der Waals surface area contributed by atoms with Gasteiger partial charge < -0.3 is 10.1 Å². The van der Waals surface area contributed by atoms with Gasteiger partial charge in [0, 0.05) is 19.8 Å². The van der Waals surface area contributed by atoms with E-state index < -0.39 is 0 Å². The van der Waals surface area contributed by atoms with Crippen LogP contribution in [0.1, 0.15) is 58.8 Å². The summed E-state index contributed by atoms with van der Waals surface area (Å²) in [5.74, 6) is 0. The van der Waals surface area contributed by atoms with Gasteiger partial charge in [-0.1, -0.05) is 13.8 Å². The summed E-state index contributed by atoms with van der Waals surface area (Å²) in [5.41, 5.74) is 0.594. The van der Waals surface area contributed by atoms with Gasteiger partial charge in [0.1, 0.15) is 0 Å². The molecule has 1 saturated carbocycles. The fourth-order valence-corrected chi connectivity index (χ4v) is 2.46. The van der Waals surface area contributed by atoms with Crippen molar-refractivity contribution >= 4 is 0 Å². The Labute approximate surface area is 101 Å². The molecule has 0 atom stereocenters. The first-order valence-corrected chi connectivity index (χ1v) is 6.86. The molecule has 0 amide bonds. The van der Waals surface area contributed by atoms with Crippen LogP contribution in [0.15, 0.2) is 0 Å². The minimum absolute atomic E-state index is 0.594. The summed E-state index contributed by atoms with van der Waals surface area (Å²) >= 11 is 0. The minimum Gasteiger partial charge on any atom is -0.385 e. The normalized spacial score (nSPS) is 21.2. The molecule has 0 heterocycles. The number of hydrogen-bond donors (Lipinski definition) is 1. The van der Waals surface area contributed by atoms with Crippen LogP contribution in [0.2, 0.25) is 0 Å². The van der Waals surface area contributed by atoms with Crippen LogP contribution < -0.4 is 5.32 Å². The third-order valence-corrected chi connectivity index (χ3v) is 3.80. The molecule has 96 valence electrons. The van der Waals surface area contributed by atoms with E-state index >= 15 is 0 Å². The van der Waals surface area contributed by atoms with E-state index in [1.54, 1.807) is 7.11 Å². The Balaban J connectivity index is 1.94. The van der Waals surface area contributed by atoms with Crippen molar-refractivity contribution in [2.75, 3.05) is 20.3 Å². The van der Waals surface area contributed by atoms with Crippen LogP contribution in [-0.2, 0) is 4.74 Å². The molecular weight excluding hydrogens is 198 g/mol. The Morgan fingerprint density at radius 1 is 1.12 bits per heavy atom. The first kappa shape index (κ1) is 14.0. The molecule has 0 bridgehead atoms. The lowest BCUT2D eigenvalue weighted by Crippen LogP contribution is -2.36. The first-order chi connectivity index (χ1) is 7.64. The zero-order valence-electron chi connectivity index (χ0n) is 11.3. The molecule has 1 rings (SSSR count). The van der Waals surface area contributed by atoms with E-state index in [-0.39, 0.29) is 0 Å². The number of hydrogen-bond acceptors (Lipinski definition) is 2. The van der Waals surface area contributed by atoms with Crippen LogP contribution in [-0.4, -0.2) is 26.3 Å². The maximum atomic E-state index is 5.04. The summed E-state index contributed by atoms with van der Waals surface area (Å²) in [6.45, 7) is 6.90. The molecule has 2 nitrogen and oxygen atoms in total. The molecule has 0 aliphatic heterocycles. The topological polar surface area (TPSA) is 21.3 Å². The van der Waals surface area contributed by atoms with Gasteiger partial charge in [0.2, 0.25) is 0 Å². The van der Waals surface area contributed by atoms with Crippen molar-refractivity contribution in [1.82, 2.24) is 5.32 Å². The Morgan fingerprint density at radius 3 is 2.44 bits per heavy atom. The quantitative estimate of drug-likeness (QED) is 0.673. The highest BCUT2D eigenvalue weighted by Crippen LogP contribution is 2.34. The van der Waals surface area contributed by atoms with E-state index in [1.807, 2.05) is 0 Å². The van der Waals surface area contributed by atoms with Gasteiger partial charge in [-0.15, -0.1) is 0 Å². The predicted octanol–water partition coefficient (Wildman–Crippen LogP) is 3.36. The summed E-state index contributed by atoms with van der Waals surface area (Å²) in [7, 11) is 1.78. The highest BCUT2D eigenvalue weighted by Gasteiger charge is 2.25. The molecule has 0 spiro atoms. The van der Waals surface area contributed by atoms with Gasteiger partial charge in [0.05, 0.1) is 0 Å². The van der Waals surface area contributed by atoms with Crippen LogP contribution >= 0.6 is 0 Å². The van der Waals surface area contributed by atoms with Gasteiger partial charge in [-0.2, -0.15) is 0 Å². The average molecular weight is 227 g/mol. The number of unbranched alkanes of at least 4 members (excludes halogenated alkanes) is 2. The summed E-state index contributed by atoms with van der Waals surface area (Å²) < 4.78 is 5.04. The molecule has 1 aliphatic carbocycles. The van der Waals surface area contributed by atoms with E-state index in [0.717, 1.165) is 12.6 Å². The van der Waals surface area contributed by atoms with Gasteiger partial charge in [-0.05, 0) is 56.9 Å². The standard InChI is InChI=1S/C14H29NO/c1-14(2)9-7-13(8-10-14)15-11-5-4-6-12-16-3/h13,15H,4-12H2,1-3H3. The SMILES string of the molecule is COCCCCCNC1CCC(C)(C)CC1. The van der Waals surface area contributed by atoms with Crippen LogP contribution in [0.3, 0.4) is 0 Å². The minimum atomic E-state index is 0.594. The van der Waals surface area contributed by atoms with Crippen LogP contribution in [0.4, 0.5) is 0 Å². The number of ether oxygens (including phenoxy) is 1. The summed E-state index contributed by atoms with van der Waals surface area (Å²) in [5, 5.41) is 3.70. The van der Waals surface area contributed by atoms with Crippen LogP contribution in [0.25, 0.3) is 0 Å². The number of methoxy groups -OCH3 is 1. The third-order valence-electron chi connectivity index (χ3n) is 3.80. The molecule has 0 saturated heterocycles. The Bertz CT molecular complexity index is 170. The highest BCUT2D eigenvalue weighted by atomic mass is 16.5. The van der Waals surface area contributed by atoms with Crippen molar-refractivity contribution in [3.05, 3.63) is 0 Å². The first-order valence-electron chi connectivity index (χ1n) is 6.86. The maximum Gasteiger partial charge on any atom is 0.0462 e. The van der Waals surface area contributed by atoms with E-state index in [0.29, 0.717) is 5.41 Å². The molecule has 16 heavy (non-hydrogen) atoms. The smallest absolute Gasteiger partial charge is 0.0462 e. The summed E-state index contributed by atoms with van der Waals surface area (Å²) in [4.78, 5) is 0. The van der Waals surface area contributed by atoms with E-state index in [1.165, 1.54) is 51.5 Å². The van der Waals surface area contributed by atoms with E-state index in [4.69, 9.17) is 4.74 Å². The maximum absolute atomic E-state index is 5.04. The summed E-state index contributed by atoms with van der Waals surface area (Å²) in [6.07, 6.45) is 9.29. The van der Waals surface area contributed by atoms with Crippen molar-refractivity contribution in [3.8, 4) is 0 Å². The second kappa shape index (κ2) is 7.29. The molecule has 0 aromatic carbocycles. The Kier molecular flexibility index (Phi) is 6.37. The van der Waals surface area contributed by atoms with E-state index in [9.17, 15) is 0 Å². The number of nitrogens with one attached hydrogen (secondary N) is 1. The second-order valence-electron chi connectivity index (χ2n) is 5.95. The van der Waals surface area contributed by atoms with Crippen molar-refractivity contribution in [2.45, 2.75) is 64.8 Å². The molecular formula is C14H29NO. The molecule has 0 aromatic heterocycles. The largest absolute Gasteiger partial charge is 0.385 e. The molecule has 0 radical (unpaired) electrons. The molecule has 1 fully saturated rings. The van der Waals surface area contributed by atoms with Gasteiger partial charge in [-0.3, -0.25) is 0 Å². The van der Waals surface area contributed by atoms with Crippen LogP contribution in [0, 0.1) is 5.41 Å². The second-order valence-corrected chi connectivity index (χ2v) is 5.95. The fourth-order valence-electron chi connectivity index (χ4n) is 2.46. The molecule has 0 aromatic rings. The highest BCUT2D eigenvalue weighted by molar-refractivity contribution is 4.81. The number of rotatable bonds is 7. The van der Waals surface area contributed by atoms with Crippen molar-refractivity contribution in [1.29, 1.82) is 0 Å². The van der Waals surface area contributed by atoms with Crippen molar-refractivity contribution < 1.29 is 4.74 Å². The zero-order chi connectivity index (χ0) is 11.9. The zero-order valence-corrected chi connectivity index (χ0v) is 11.3. The lowest BCUT2D eigenvalue weighted by Gasteiger charge is -2.34. The van der Waals surface area contributed by atoms with Gasteiger partial charge in [0.15, 0.2) is 0 Å². The van der Waals surface area contributed by atoms with Gasteiger partial charge in [-0.25, -0.2) is 0 Å². The molecule has 1 N–H and O–H groups in total.